The van der Waals surface area contributed by atoms with Crippen LogP contribution < -0.4 is 0 Å². The molecule has 2 saturated heterocycles. The first-order valence-electron chi connectivity index (χ1n) is 11.2. The number of ether oxygens (including phenoxy) is 2. The molecule has 7 nitrogen and oxygen atoms in total. The van der Waals surface area contributed by atoms with Gasteiger partial charge < -0.3 is 9.47 Å². The molecule has 30 heavy (non-hydrogen) atoms. The summed E-state index contributed by atoms with van der Waals surface area (Å²) in [5.74, 6) is -1.56. The number of rotatable bonds is 9. The van der Waals surface area contributed by atoms with Crippen LogP contribution in [-0.4, -0.2) is 71.9 Å². The molecule has 0 amide bonds. The van der Waals surface area contributed by atoms with Gasteiger partial charge in [0.1, 0.15) is 6.04 Å². The maximum absolute atomic E-state index is 12.9. The molecule has 0 radical (unpaired) electrons. The van der Waals surface area contributed by atoms with Gasteiger partial charge in [0.15, 0.2) is 0 Å². The highest BCUT2D eigenvalue weighted by atomic mass is 16.7. The molecule has 172 valence electrons. The lowest BCUT2D eigenvalue weighted by Gasteiger charge is -2.51. The molecule has 0 saturated carbocycles. The highest BCUT2D eigenvalue weighted by Gasteiger charge is 2.52. The molecular formula is C23H40N2O5. The van der Waals surface area contributed by atoms with Crippen molar-refractivity contribution >= 4 is 11.9 Å². The van der Waals surface area contributed by atoms with E-state index < -0.39 is 17.9 Å². The molecule has 3 unspecified atom stereocenters. The quantitative estimate of drug-likeness (QED) is 0.416. The second-order valence-electron chi connectivity index (χ2n) is 9.55. The number of likely N-dealkylation sites (tertiary alicyclic amines) is 1. The number of esters is 2. The molecule has 0 aromatic carbocycles. The first-order chi connectivity index (χ1) is 14.1. The minimum absolute atomic E-state index is 0.0961. The van der Waals surface area contributed by atoms with E-state index >= 15 is 0 Å². The molecule has 0 aromatic rings. The van der Waals surface area contributed by atoms with E-state index in [4.69, 9.17) is 14.3 Å². The van der Waals surface area contributed by atoms with Crippen LogP contribution in [0.4, 0.5) is 0 Å². The Morgan fingerprint density at radius 3 is 2.13 bits per heavy atom. The largest absolute Gasteiger partial charge is 0.466 e. The van der Waals surface area contributed by atoms with Crippen LogP contribution in [0.25, 0.3) is 0 Å². The monoisotopic (exact) mass is 424 g/mol. The minimum atomic E-state index is -0.682. The summed E-state index contributed by atoms with van der Waals surface area (Å²) in [7, 11) is 0. The Labute approximate surface area is 181 Å². The second kappa shape index (κ2) is 10.2. The van der Waals surface area contributed by atoms with E-state index in [9.17, 15) is 9.59 Å². The minimum Gasteiger partial charge on any atom is -0.466 e. The van der Waals surface area contributed by atoms with Gasteiger partial charge in [-0.3, -0.25) is 19.3 Å². The lowest BCUT2D eigenvalue weighted by Crippen LogP contribution is -2.58. The molecule has 0 aliphatic carbocycles. The van der Waals surface area contributed by atoms with Crippen molar-refractivity contribution < 1.29 is 23.9 Å². The maximum atomic E-state index is 12.9. The lowest BCUT2D eigenvalue weighted by atomic mass is 9.82. The van der Waals surface area contributed by atoms with Gasteiger partial charge in [-0.1, -0.05) is 6.08 Å². The molecule has 2 heterocycles. The Kier molecular flexibility index (Phi) is 8.48. The molecular weight excluding hydrogens is 384 g/mol. The van der Waals surface area contributed by atoms with Crippen molar-refractivity contribution in [1.82, 2.24) is 9.96 Å². The van der Waals surface area contributed by atoms with E-state index in [0.717, 1.165) is 19.3 Å². The Bertz CT molecular complexity index is 603. The average molecular weight is 425 g/mol. The summed E-state index contributed by atoms with van der Waals surface area (Å²) in [5.41, 5.74) is -0.192. The smallest absolute Gasteiger partial charge is 0.324 e. The maximum Gasteiger partial charge on any atom is 0.324 e. The first-order valence-corrected chi connectivity index (χ1v) is 11.2. The third kappa shape index (κ3) is 5.42. The number of hydrogen-bond acceptors (Lipinski definition) is 7. The van der Waals surface area contributed by atoms with Crippen molar-refractivity contribution in [2.45, 2.75) is 77.9 Å². The molecule has 7 heteroatoms. The van der Waals surface area contributed by atoms with Crippen molar-refractivity contribution in [3.8, 4) is 0 Å². The molecule has 2 fully saturated rings. The van der Waals surface area contributed by atoms with Gasteiger partial charge in [0.2, 0.25) is 0 Å². The van der Waals surface area contributed by atoms with E-state index in [2.05, 4.69) is 39.3 Å². The highest BCUT2D eigenvalue weighted by molar-refractivity contribution is 5.85. The summed E-state index contributed by atoms with van der Waals surface area (Å²) in [6, 6.07) is -0.682. The summed E-state index contributed by atoms with van der Waals surface area (Å²) in [6.45, 7) is 18.0. The molecule has 0 spiro atoms. The van der Waals surface area contributed by atoms with E-state index in [1.807, 2.05) is 4.90 Å². The third-order valence-corrected chi connectivity index (χ3v) is 6.26. The lowest BCUT2D eigenvalue weighted by molar-refractivity contribution is -0.286. The van der Waals surface area contributed by atoms with Crippen LogP contribution in [0.1, 0.15) is 60.8 Å². The summed E-state index contributed by atoms with van der Waals surface area (Å²) < 4.78 is 10.6. The molecule has 2 aliphatic heterocycles. The van der Waals surface area contributed by atoms with Gasteiger partial charge in [0.25, 0.3) is 0 Å². The standard InChI is InChI=1S/C23H40N2O5/c1-8-14-24-15-17(16-30-25-22(4,5)12-11-13-23(25,6)7)18(20(26)28-9-2)19(24)21(27)29-10-3/h8,17-19H,1,9-16H2,2-7H3. The number of carbonyl (C=O) groups excluding carboxylic acids is 2. The highest BCUT2D eigenvalue weighted by Crippen LogP contribution is 2.40. The summed E-state index contributed by atoms with van der Waals surface area (Å²) >= 11 is 0. The molecule has 0 aromatic heterocycles. The number of piperidine rings is 1. The fraction of sp³-hybridized carbons (Fsp3) is 0.826. The van der Waals surface area contributed by atoms with Gasteiger partial charge in [0, 0.05) is 30.1 Å². The molecule has 2 rings (SSSR count). The van der Waals surface area contributed by atoms with Crippen molar-refractivity contribution in [3.63, 3.8) is 0 Å². The Hall–Kier alpha value is -1.44. The zero-order chi connectivity index (χ0) is 22.5. The van der Waals surface area contributed by atoms with Crippen LogP contribution in [0.15, 0.2) is 12.7 Å². The molecule has 0 bridgehead atoms. The van der Waals surface area contributed by atoms with Gasteiger partial charge in [0.05, 0.1) is 25.7 Å². The zero-order valence-electron chi connectivity index (χ0n) is 19.6. The third-order valence-electron chi connectivity index (χ3n) is 6.26. The first kappa shape index (κ1) is 24.8. The molecule has 2 aliphatic rings. The number of nitrogens with zero attached hydrogens (tertiary/aromatic N) is 2. The predicted octanol–water partition coefficient (Wildman–Crippen LogP) is 3.19. The van der Waals surface area contributed by atoms with Crippen LogP contribution in [0, 0.1) is 11.8 Å². The second-order valence-corrected chi connectivity index (χ2v) is 9.55. The van der Waals surface area contributed by atoms with Gasteiger partial charge in [-0.05, 0) is 60.8 Å². The Morgan fingerprint density at radius 2 is 1.60 bits per heavy atom. The van der Waals surface area contributed by atoms with Gasteiger partial charge in [-0.2, -0.15) is 5.06 Å². The SMILES string of the molecule is C=CCN1CC(CON2C(C)(C)CCCC2(C)C)C(C(=O)OCC)C1C(=O)OCC. The van der Waals surface area contributed by atoms with Crippen LogP contribution in [-0.2, 0) is 23.9 Å². The summed E-state index contributed by atoms with van der Waals surface area (Å²) in [4.78, 5) is 34.0. The van der Waals surface area contributed by atoms with Crippen LogP contribution in [0.3, 0.4) is 0 Å². The van der Waals surface area contributed by atoms with Crippen molar-refractivity contribution in [1.29, 1.82) is 0 Å². The Morgan fingerprint density at radius 1 is 1.03 bits per heavy atom. The normalized spacial score (nSPS) is 28.8. The van der Waals surface area contributed by atoms with Crippen molar-refractivity contribution in [3.05, 3.63) is 12.7 Å². The molecule has 3 atom stereocenters. The number of hydroxylamine groups is 2. The van der Waals surface area contributed by atoms with E-state index in [1.165, 1.54) is 0 Å². The van der Waals surface area contributed by atoms with E-state index in [-0.39, 0.29) is 36.2 Å². The van der Waals surface area contributed by atoms with Gasteiger partial charge >= 0.3 is 11.9 Å². The summed E-state index contributed by atoms with van der Waals surface area (Å²) in [5, 5.41) is 2.10. The fourth-order valence-electron chi connectivity index (χ4n) is 5.10. The Balaban J connectivity index is 2.25. The number of hydrogen-bond donors (Lipinski definition) is 0. The number of carbonyl (C=O) groups is 2. The van der Waals surface area contributed by atoms with Crippen LogP contribution in [0.2, 0.25) is 0 Å². The molecule has 0 N–H and O–H groups in total. The van der Waals surface area contributed by atoms with Crippen molar-refractivity contribution in [2.75, 3.05) is 32.9 Å². The fourth-order valence-corrected chi connectivity index (χ4v) is 5.10. The average Bonchev–Trinajstić information content (AvgIpc) is 2.99. The predicted molar refractivity (Wildman–Crippen MR) is 116 cm³/mol. The topological polar surface area (TPSA) is 68.3 Å². The zero-order valence-corrected chi connectivity index (χ0v) is 19.6. The van der Waals surface area contributed by atoms with Crippen molar-refractivity contribution in [2.24, 2.45) is 11.8 Å². The van der Waals surface area contributed by atoms with Gasteiger partial charge in [-0.15, -0.1) is 6.58 Å². The van der Waals surface area contributed by atoms with Crippen LogP contribution >= 0.6 is 0 Å². The summed E-state index contributed by atoms with van der Waals surface area (Å²) in [6.07, 6.45) is 5.01. The van der Waals surface area contributed by atoms with Crippen LogP contribution in [0.5, 0.6) is 0 Å². The van der Waals surface area contributed by atoms with E-state index in [1.54, 1.807) is 19.9 Å². The van der Waals surface area contributed by atoms with Gasteiger partial charge in [-0.25, -0.2) is 0 Å². The van der Waals surface area contributed by atoms with E-state index in [0.29, 0.717) is 19.7 Å².